The summed E-state index contributed by atoms with van der Waals surface area (Å²) in [5.41, 5.74) is -1.41. The molecule has 1 aromatic rings. The molecule has 1 saturated heterocycles. The number of carbonyl (C=O) groups is 2. The lowest BCUT2D eigenvalue weighted by molar-refractivity contribution is -0.387. The van der Waals surface area contributed by atoms with Crippen LogP contribution in [-0.4, -0.2) is 48.4 Å². The maximum absolute atomic E-state index is 12.5. The van der Waals surface area contributed by atoms with Crippen LogP contribution in [0, 0.1) is 10.1 Å². The topological polar surface area (TPSA) is 136 Å². The Bertz CT molecular complexity index is 861. The molecule has 11 heteroatoms. The number of nitro benzene ring substituents is 1. The largest absolute Gasteiger partial charge is 0.444 e. The van der Waals surface area contributed by atoms with Crippen molar-refractivity contribution in [3.63, 3.8) is 0 Å². The molecule has 1 aromatic carbocycles. The van der Waals surface area contributed by atoms with E-state index in [-0.39, 0.29) is 13.0 Å². The van der Waals surface area contributed by atoms with Crippen molar-refractivity contribution in [2.24, 2.45) is 0 Å². The molecule has 27 heavy (non-hydrogen) atoms. The molecule has 10 nitrogen and oxygen atoms in total. The van der Waals surface area contributed by atoms with Crippen LogP contribution in [0.25, 0.3) is 0 Å². The number of nitro groups is 1. The monoisotopic (exact) mass is 399 g/mol. The molecule has 1 atom stereocenters. The molecule has 1 fully saturated rings. The van der Waals surface area contributed by atoms with Crippen LogP contribution >= 0.6 is 0 Å². The summed E-state index contributed by atoms with van der Waals surface area (Å²) in [4.78, 5) is 35.5. The van der Waals surface area contributed by atoms with Gasteiger partial charge < -0.3 is 4.74 Å². The number of likely N-dealkylation sites (tertiary alicyclic amines) is 1. The summed E-state index contributed by atoms with van der Waals surface area (Å²) in [7, 11) is -4.48. The lowest BCUT2D eigenvalue weighted by atomic mass is 10.2. The number of nitrogens with one attached hydrogen (secondary N) is 1. The molecule has 2 rings (SSSR count). The van der Waals surface area contributed by atoms with Crippen molar-refractivity contribution in [2.75, 3.05) is 6.54 Å². The normalized spacial score (nSPS) is 17.4. The van der Waals surface area contributed by atoms with E-state index < -0.39 is 49.2 Å². The Morgan fingerprint density at radius 1 is 1.30 bits per heavy atom. The van der Waals surface area contributed by atoms with Gasteiger partial charge in [-0.05, 0) is 39.7 Å². The second-order valence-electron chi connectivity index (χ2n) is 7.03. The first-order valence-corrected chi connectivity index (χ1v) is 9.70. The molecule has 0 saturated carbocycles. The van der Waals surface area contributed by atoms with Gasteiger partial charge in [0.1, 0.15) is 11.6 Å². The third kappa shape index (κ3) is 4.94. The summed E-state index contributed by atoms with van der Waals surface area (Å²) in [6.45, 7) is 5.28. The molecule has 0 bridgehead atoms. The highest BCUT2D eigenvalue weighted by Crippen LogP contribution is 2.25. The van der Waals surface area contributed by atoms with Crippen molar-refractivity contribution >= 4 is 27.7 Å². The zero-order chi connectivity index (χ0) is 20.4. The third-order valence-electron chi connectivity index (χ3n) is 3.77. The molecule has 0 radical (unpaired) electrons. The molecule has 0 spiro atoms. The summed E-state index contributed by atoms with van der Waals surface area (Å²) in [6.07, 6.45) is 0.0450. The zero-order valence-electron chi connectivity index (χ0n) is 15.2. The Kier molecular flexibility index (Phi) is 5.73. The molecule has 0 unspecified atom stereocenters. The molecular formula is C16H21N3O7S. The predicted molar refractivity (Wildman–Crippen MR) is 94.4 cm³/mol. The van der Waals surface area contributed by atoms with Crippen LogP contribution in [-0.2, 0) is 19.6 Å². The van der Waals surface area contributed by atoms with Crippen molar-refractivity contribution in [3.8, 4) is 0 Å². The van der Waals surface area contributed by atoms with Gasteiger partial charge in [0.05, 0.1) is 4.92 Å². The Labute approximate surface area is 156 Å². The van der Waals surface area contributed by atoms with Gasteiger partial charge in [-0.3, -0.25) is 19.8 Å². The number of nitrogens with zero attached hydrogens (tertiary/aromatic N) is 2. The van der Waals surface area contributed by atoms with E-state index in [0.717, 1.165) is 17.0 Å². The SMILES string of the molecule is CC(C)(C)OC(=O)N1CCC[C@H]1C(=O)NS(=O)(=O)c1ccccc1[N+](=O)[O-]. The first-order chi connectivity index (χ1) is 12.4. The maximum atomic E-state index is 12.5. The van der Waals surface area contributed by atoms with Crippen LogP contribution in [0.3, 0.4) is 0 Å². The van der Waals surface area contributed by atoms with E-state index in [1.807, 2.05) is 4.72 Å². The number of hydrogen-bond donors (Lipinski definition) is 1. The van der Waals surface area contributed by atoms with Crippen molar-refractivity contribution in [1.29, 1.82) is 0 Å². The van der Waals surface area contributed by atoms with Gasteiger partial charge >= 0.3 is 6.09 Å². The van der Waals surface area contributed by atoms with E-state index in [1.54, 1.807) is 20.8 Å². The third-order valence-corrected chi connectivity index (χ3v) is 5.16. The van der Waals surface area contributed by atoms with Crippen molar-refractivity contribution < 1.29 is 27.7 Å². The molecular weight excluding hydrogens is 378 g/mol. The molecule has 148 valence electrons. The number of hydrogen-bond acceptors (Lipinski definition) is 7. The van der Waals surface area contributed by atoms with Crippen LogP contribution in [0.1, 0.15) is 33.6 Å². The number of sulfonamides is 1. The minimum Gasteiger partial charge on any atom is -0.444 e. The van der Waals surface area contributed by atoms with Crippen LogP contribution in [0.2, 0.25) is 0 Å². The second kappa shape index (κ2) is 7.51. The van der Waals surface area contributed by atoms with E-state index in [9.17, 15) is 28.1 Å². The number of rotatable bonds is 4. The van der Waals surface area contributed by atoms with E-state index in [4.69, 9.17) is 4.74 Å². The summed E-state index contributed by atoms with van der Waals surface area (Å²) < 4.78 is 32.0. The fourth-order valence-electron chi connectivity index (χ4n) is 2.67. The second-order valence-corrected chi connectivity index (χ2v) is 8.68. The van der Waals surface area contributed by atoms with Gasteiger partial charge in [0.15, 0.2) is 4.90 Å². The number of amides is 2. The molecule has 1 heterocycles. The smallest absolute Gasteiger partial charge is 0.410 e. The fraction of sp³-hybridized carbons (Fsp3) is 0.500. The van der Waals surface area contributed by atoms with Crippen molar-refractivity contribution in [3.05, 3.63) is 34.4 Å². The summed E-state index contributed by atoms with van der Waals surface area (Å²) >= 11 is 0. The highest BCUT2D eigenvalue weighted by atomic mass is 32.2. The lowest BCUT2D eigenvalue weighted by Gasteiger charge is -2.27. The maximum Gasteiger partial charge on any atom is 0.410 e. The lowest BCUT2D eigenvalue weighted by Crippen LogP contribution is -2.48. The average molecular weight is 399 g/mol. The van der Waals surface area contributed by atoms with Crippen LogP contribution < -0.4 is 4.72 Å². The number of carbonyl (C=O) groups excluding carboxylic acids is 2. The Morgan fingerprint density at radius 3 is 2.52 bits per heavy atom. The van der Waals surface area contributed by atoms with Gasteiger partial charge in [0.25, 0.3) is 21.6 Å². The van der Waals surface area contributed by atoms with Crippen LogP contribution in [0.15, 0.2) is 29.2 Å². The predicted octanol–water partition coefficient (Wildman–Crippen LogP) is 1.80. The molecule has 0 aliphatic carbocycles. The van der Waals surface area contributed by atoms with Gasteiger partial charge in [0, 0.05) is 12.6 Å². The highest BCUT2D eigenvalue weighted by molar-refractivity contribution is 7.90. The quantitative estimate of drug-likeness (QED) is 0.602. The Balaban J connectivity index is 2.21. The molecule has 2 amide bonds. The molecule has 0 aromatic heterocycles. The Morgan fingerprint density at radius 2 is 1.93 bits per heavy atom. The van der Waals surface area contributed by atoms with E-state index >= 15 is 0 Å². The number of para-hydroxylation sites is 1. The molecule has 1 aliphatic heterocycles. The van der Waals surface area contributed by atoms with Crippen molar-refractivity contribution in [1.82, 2.24) is 9.62 Å². The fourth-order valence-corrected chi connectivity index (χ4v) is 3.86. The summed E-state index contributed by atoms with van der Waals surface area (Å²) in [5, 5.41) is 11.0. The van der Waals surface area contributed by atoms with Gasteiger partial charge in [-0.15, -0.1) is 0 Å². The highest BCUT2D eigenvalue weighted by Gasteiger charge is 2.39. The molecule has 1 N–H and O–H groups in total. The van der Waals surface area contributed by atoms with Gasteiger partial charge in [-0.1, -0.05) is 12.1 Å². The minimum atomic E-state index is -4.48. The van der Waals surface area contributed by atoms with Gasteiger partial charge in [-0.2, -0.15) is 0 Å². The van der Waals surface area contributed by atoms with Gasteiger partial charge in [0.2, 0.25) is 0 Å². The number of benzene rings is 1. The Hall–Kier alpha value is -2.69. The summed E-state index contributed by atoms with van der Waals surface area (Å²) in [6, 6.07) is 3.67. The van der Waals surface area contributed by atoms with E-state index in [0.29, 0.717) is 6.42 Å². The standard InChI is InChI=1S/C16H21N3O7S/c1-16(2,3)26-15(21)18-10-6-8-12(18)14(20)17-27(24,25)13-9-5-4-7-11(13)19(22)23/h4-5,7,9,12H,6,8,10H2,1-3H3,(H,17,20)/t12-/m0/s1. The zero-order valence-corrected chi connectivity index (χ0v) is 16.0. The minimum absolute atomic E-state index is 0.249. The van der Waals surface area contributed by atoms with Gasteiger partial charge in [-0.25, -0.2) is 17.9 Å². The van der Waals surface area contributed by atoms with Crippen LogP contribution in [0.5, 0.6) is 0 Å². The van der Waals surface area contributed by atoms with Crippen molar-refractivity contribution in [2.45, 2.75) is 50.2 Å². The van der Waals surface area contributed by atoms with Crippen LogP contribution in [0.4, 0.5) is 10.5 Å². The first kappa shape index (κ1) is 20.6. The first-order valence-electron chi connectivity index (χ1n) is 8.22. The van der Waals surface area contributed by atoms with E-state index in [1.165, 1.54) is 12.1 Å². The molecule has 1 aliphatic rings. The average Bonchev–Trinajstić information content (AvgIpc) is 3.02. The number of ether oxygens (including phenoxy) is 1. The summed E-state index contributed by atoms with van der Waals surface area (Å²) in [5.74, 6) is -0.934. The van der Waals surface area contributed by atoms with E-state index in [2.05, 4.69) is 0 Å².